The highest BCUT2D eigenvalue weighted by molar-refractivity contribution is 6.63. The van der Waals surface area contributed by atoms with Gasteiger partial charge in [0.05, 0.1) is 27.4 Å². The number of benzene rings is 4. The third-order valence-corrected chi connectivity index (χ3v) is 10.1. The second kappa shape index (κ2) is 10.3. The Morgan fingerprint density at radius 3 is 2.12 bits per heavy atom. The van der Waals surface area contributed by atoms with Crippen molar-refractivity contribution in [1.82, 2.24) is 0 Å². The number of carbonyl (C=O) groups is 2. The molecule has 0 unspecified atom stereocenters. The second-order valence-corrected chi connectivity index (χ2v) is 13.5. The largest absolute Gasteiger partial charge is 0.496 e. The average molecular weight is 640 g/mol. The first kappa shape index (κ1) is 28.7. The summed E-state index contributed by atoms with van der Waals surface area (Å²) in [5, 5.41) is 4.65. The topological polar surface area (TPSA) is 71.1 Å². The Morgan fingerprint density at radius 2 is 1.44 bits per heavy atom. The molecule has 2 aliphatic heterocycles. The van der Waals surface area contributed by atoms with Gasteiger partial charge in [0.2, 0.25) is 0 Å². The fraction of sp³-hybridized carbons (Fsp3) is 0.353. The molecular formula is C34H29Cl3O6. The van der Waals surface area contributed by atoms with Gasteiger partial charge in [-0.3, -0.25) is 9.59 Å². The van der Waals surface area contributed by atoms with E-state index in [1.165, 1.54) is 30.6 Å². The Balaban J connectivity index is 0.000000709. The van der Waals surface area contributed by atoms with E-state index in [9.17, 15) is 9.59 Å². The van der Waals surface area contributed by atoms with Crippen LogP contribution >= 0.6 is 34.8 Å². The van der Waals surface area contributed by atoms with E-state index >= 15 is 0 Å². The van der Waals surface area contributed by atoms with E-state index in [4.69, 9.17) is 53.8 Å². The highest BCUT2D eigenvalue weighted by atomic mass is 35.6. The monoisotopic (exact) mass is 638 g/mol. The molecule has 0 amide bonds. The normalized spacial score (nSPS) is 26.8. The van der Waals surface area contributed by atoms with Crippen LogP contribution in [0.2, 0.25) is 0 Å². The molecule has 2 bridgehead atoms. The number of hydrogen-bond acceptors (Lipinski definition) is 6. The summed E-state index contributed by atoms with van der Waals surface area (Å²) < 4.78 is 23.2. The summed E-state index contributed by atoms with van der Waals surface area (Å²) in [7, 11) is 4.37. The van der Waals surface area contributed by atoms with Crippen molar-refractivity contribution in [2.24, 2.45) is 17.3 Å². The number of carbonyl (C=O) groups excluding carboxylic acids is 2. The number of fused-ring (bicyclic) bond motifs is 5. The maximum absolute atomic E-state index is 13.9. The van der Waals surface area contributed by atoms with Gasteiger partial charge in [0.1, 0.15) is 11.4 Å². The summed E-state index contributed by atoms with van der Waals surface area (Å²) in [6, 6.07) is 22.8. The van der Waals surface area contributed by atoms with Crippen LogP contribution in [-0.2, 0) is 29.4 Å². The summed E-state index contributed by atoms with van der Waals surface area (Å²) in [6.45, 7) is 0. The van der Waals surface area contributed by atoms with Crippen LogP contribution in [-0.4, -0.2) is 37.6 Å². The zero-order valence-electron chi connectivity index (χ0n) is 23.7. The molecule has 4 aromatic rings. The van der Waals surface area contributed by atoms with Gasteiger partial charge >= 0.3 is 11.9 Å². The van der Waals surface area contributed by atoms with Crippen LogP contribution in [0.1, 0.15) is 47.1 Å². The lowest BCUT2D eigenvalue weighted by atomic mass is 9.67. The van der Waals surface area contributed by atoms with Crippen molar-refractivity contribution < 1.29 is 28.5 Å². The Labute approximate surface area is 264 Å². The van der Waals surface area contributed by atoms with Gasteiger partial charge in [-0.15, -0.1) is 0 Å². The van der Waals surface area contributed by atoms with Gasteiger partial charge in [-0.25, -0.2) is 0 Å². The van der Waals surface area contributed by atoms with Gasteiger partial charge in [0, 0.05) is 17.4 Å². The predicted octanol–water partition coefficient (Wildman–Crippen LogP) is 7.77. The molecule has 1 saturated carbocycles. The smallest absolute Gasteiger partial charge is 0.323 e. The first-order valence-electron chi connectivity index (χ1n) is 14.1. The fourth-order valence-corrected chi connectivity index (χ4v) is 8.98. The molecule has 222 valence electrons. The standard InChI is InChI=1S/C33H28O6.CHCl3/c1-36-23-14-7-6-11-21(23)27-26-20-10-5-4-9-18(20)19-12-8-13-22-24-15-17-16-32(30(34)37-2,31(35)38-3)29(27)33(17,39-24)28(26)25(19)22;2-1(3)4/h4-14,17,24,27,29H,15-16H2,1-3H3;1H/t17-,24-,27-,29-,33+;/m1./s1. The van der Waals surface area contributed by atoms with Gasteiger partial charge < -0.3 is 18.9 Å². The summed E-state index contributed by atoms with van der Waals surface area (Å²) in [6.07, 6.45) is 0.947. The van der Waals surface area contributed by atoms with Crippen LogP contribution in [0.5, 0.6) is 5.75 Å². The number of rotatable bonds is 4. The minimum Gasteiger partial charge on any atom is -0.496 e. The van der Waals surface area contributed by atoms with E-state index < -0.39 is 33.2 Å². The third-order valence-electron chi connectivity index (χ3n) is 10.1. The van der Waals surface area contributed by atoms with Gasteiger partial charge in [-0.1, -0.05) is 95.5 Å². The summed E-state index contributed by atoms with van der Waals surface area (Å²) in [5.41, 5.74) is 2.00. The quantitative estimate of drug-likeness (QED) is 0.0984. The molecule has 0 radical (unpaired) electrons. The Hall–Kier alpha value is -3.03. The molecule has 43 heavy (non-hydrogen) atoms. The zero-order valence-corrected chi connectivity index (χ0v) is 26.0. The first-order chi connectivity index (χ1) is 20.8. The summed E-state index contributed by atoms with van der Waals surface area (Å²) >= 11 is 14.4. The van der Waals surface area contributed by atoms with Crippen molar-refractivity contribution in [2.75, 3.05) is 21.3 Å². The number of halogens is 3. The minimum atomic E-state index is -1.52. The summed E-state index contributed by atoms with van der Waals surface area (Å²) in [5.74, 6) is -1.39. The highest BCUT2D eigenvalue weighted by Gasteiger charge is 2.79. The maximum Gasteiger partial charge on any atom is 0.323 e. The van der Waals surface area contributed by atoms with Crippen molar-refractivity contribution >= 4 is 68.3 Å². The number of esters is 2. The number of para-hydroxylation sites is 1. The zero-order chi connectivity index (χ0) is 30.3. The van der Waals surface area contributed by atoms with Gasteiger partial charge in [-0.2, -0.15) is 0 Å². The molecule has 2 fully saturated rings. The molecule has 1 saturated heterocycles. The predicted molar refractivity (Wildman–Crippen MR) is 166 cm³/mol. The summed E-state index contributed by atoms with van der Waals surface area (Å²) in [4.78, 5) is 27.8. The van der Waals surface area contributed by atoms with Crippen LogP contribution in [0.25, 0.3) is 21.5 Å². The molecule has 6 nitrogen and oxygen atoms in total. The highest BCUT2D eigenvalue weighted by Crippen LogP contribution is 2.78. The molecule has 8 rings (SSSR count). The van der Waals surface area contributed by atoms with Crippen LogP contribution < -0.4 is 4.74 Å². The second-order valence-electron chi connectivity index (χ2n) is 11.5. The molecule has 0 N–H and O–H groups in total. The lowest BCUT2D eigenvalue weighted by molar-refractivity contribution is -0.180. The minimum absolute atomic E-state index is 0.0547. The van der Waals surface area contributed by atoms with Crippen molar-refractivity contribution in [3.63, 3.8) is 0 Å². The maximum atomic E-state index is 13.9. The van der Waals surface area contributed by atoms with Crippen LogP contribution in [0.15, 0.2) is 66.7 Å². The lowest BCUT2D eigenvalue weighted by Crippen LogP contribution is -2.50. The molecule has 4 aliphatic rings. The molecule has 2 heterocycles. The molecule has 5 atom stereocenters. The molecule has 4 aromatic carbocycles. The molecule has 1 spiro atoms. The van der Waals surface area contributed by atoms with E-state index in [2.05, 4.69) is 42.5 Å². The van der Waals surface area contributed by atoms with Crippen molar-refractivity contribution in [1.29, 1.82) is 0 Å². The van der Waals surface area contributed by atoms with E-state index in [1.807, 2.05) is 24.3 Å². The van der Waals surface area contributed by atoms with Crippen molar-refractivity contribution in [3.8, 4) is 5.75 Å². The molecule has 9 heteroatoms. The molecular weight excluding hydrogens is 611 g/mol. The van der Waals surface area contributed by atoms with Crippen LogP contribution in [0, 0.1) is 17.3 Å². The van der Waals surface area contributed by atoms with Gasteiger partial charge in [0.25, 0.3) is 0 Å². The number of ether oxygens (including phenoxy) is 4. The number of hydrogen-bond donors (Lipinski definition) is 0. The lowest BCUT2D eigenvalue weighted by Gasteiger charge is -2.40. The van der Waals surface area contributed by atoms with E-state index in [0.29, 0.717) is 12.2 Å². The van der Waals surface area contributed by atoms with Crippen molar-refractivity contribution in [2.45, 2.75) is 34.8 Å². The Bertz CT molecular complexity index is 1790. The average Bonchev–Trinajstić information content (AvgIpc) is 3.60. The Morgan fingerprint density at radius 1 is 0.837 bits per heavy atom. The SMILES string of the molecule is COC(=O)C1(C(=O)OC)C[C@H]2C[C@H]3O[C@]24c2c(c5ccccc5c5cccc3c25)[C@@H](c2ccccc2OC)[C@H]14.ClC(Cl)Cl. The van der Waals surface area contributed by atoms with Crippen LogP contribution in [0.4, 0.5) is 0 Å². The van der Waals surface area contributed by atoms with Gasteiger partial charge in [0.15, 0.2) is 9.71 Å². The van der Waals surface area contributed by atoms with Crippen LogP contribution in [0.3, 0.4) is 0 Å². The third kappa shape index (κ3) is 3.64. The Kier molecular flexibility index (Phi) is 6.86. The fourth-order valence-electron chi connectivity index (χ4n) is 8.98. The molecule has 2 aliphatic carbocycles. The van der Waals surface area contributed by atoms with Crippen molar-refractivity contribution in [3.05, 3.63) is 89.0 Å². The number of methoxy groups -OCH3 is 3. The van der Waals surface area contributed by atoms with E-state index in [-0.39, 0.29) is 17.9 Å². The van der Waals surface area contributed by atoms with Gasteiger partial charge in [-0.05, 0) is 63.1 Å². The molecule has 0 aromatic heterocycles. The number of alkyl halides is 3. The van der Waals surface area contributed by atoms with E-state index in [1.54, 1.807) is 7.11 Å². The first-order valence-corrected chi connectivity index (χ1v) is 15.4. The van der Waals surface area contributed by atoms with E-state index in [0.717, 1.165) is 33.9 Å².